The predicted molar refractivity (Wildman–Crippen MR) is 86.1 cm³/mol. The summed E-state index contributed by atoms with van der Waals surface area (Å²) in [4.78, 5) is 16.1. The average molecular weight is 307 g/mol. The van der Waals surface area contributed by atoms with Crippen LogP contribution < -0.4 is 11.1 Å². The van der Waals surface area contributed by atoms with Gasteiger partial charge in [0.2, 0.25) is 0 Å². The summed E-state index contributed by atoms with van der Waals surface area (Å²) >= 11 is 3.87. The van der Waals surface area contributed by atoms with Gasteiger partial charge >= 0.3 is 0 Å². The zero-order valence-corrected chi connectivity index (χ0v) is 12.7. The molecule has 6 heteroatoms. The first-order chi connectivity index (χ1) is 9.79. The fraction of sp³-hybridized carbons (Fsp3) is 0.429. The molecule has 1 atom stereocenters. The first kappa shape index (κ1) is 15.2. The Kier molecular flexibility index (Phi) is 6.25. The minimum Gasteiger partial charge on any atom is -0.351 e. The maximum atomic E-state index is 12.1. The van der Waals surface area contributed by atoms with E-state index in [9.17, 15) is 4.79 Å². The third-order valence-electron chi connectivity index (χ3n) is 2.71. The summed E-state index contributed by atoms with van der Waals surface area (Å²) in [5.74, 6) is 9.02. The average Bonchev–Trinajstić information content (AvgIpc) is 2.52. The fourth-order valence-corrected chi connectivity index (χ4v) is 4.36. The Balaban J connectivity index is 1.91. The molecule has 2 rings (SSSR count). The molecule has 1 aromatic rings. The normalized spacial score (nSPS) is 17.9. The van der Waals surface area contributed by atoms with Gasteiger partial charge in [0.15, 0.2) is 0 Å². The van der Waals surface area contributed by atoms with Crippen LogP contribution in [0.2, 0.25) is 0 Å². The summed E-state index contributed by atoms with van der Waals surface area (Å²) < 4.78 is 0. The minimum atomic E-state index is -0.0925. The Labute approximate surface area is 127 Å². The van der Waals surface area contributed by atoms with Gasteiger partial charge in [-0.15, -0.1) is 0 Å². The van der Waals surface area contributed by atoms with Crippen LogP contribution in [0.3, 0.4) is 0 Å². The Morgan fingerprint density at radius 1 is 1.50 bits per heavy atom. The molecule has 106 valence electrons. The Bertz CT molecular complexity index is 519. The highest BCUT2D eigenvalue weighted by Crippen LogP contribution is 2.23. The zero-order chi connectivity index (χ0) is 14.2. The van der Waals surface area contributed by atoms with Crippen LogP contribution in [0.5, 0.6) is 0 Å². The Hall–Kier alpha value is -1.16. The summed E-state index contributed by atoms with van der Waals surface area (Å²) in [5, 5.41) is 3.47. The van der Waals surface area contributed by atoms with Crippen molar-refractivity contribution in [1.82, 2.24) is 10.3 Å². The Morgan fingerprint density at radius 3 is 3.15 bits per heavy atom. The lowest BCUT2D eigenvalue weighted by Gasteiger charge is -2.21. The molecule has 2 heterocycles. The lowest BCUT2D eigenvalue weighted by Crippen LogP contribution is -2.33. The molecule has 0 saturated carbocycles. The lowest BCUT2D eigenvalue weighted by atomic mass is 10.2. The van der Waals surface area contributed by atoms with Crippen molar-refractivity contribution < 1.29 is 4.79 Å². The number of nitrogens with zero attached hydrogens (tertiary/aromatic N) is 1. The van der Waals surface area contributed by atoms with Crippen LogP contribution in [0.25, 0.3) is 0 Å². The molecule has 1 saturated heterocycles. The van der Waals surface area contributed by atoms with Crippen LogP contribution in [0.4, 0.5) is 0 Å². The number of hydrogen-bond donors (Lipinski definition) is 2. The van der Waals surface area contributed by atoms with E-state index in [4.69, 9.17) is 5.73 Å². The SMILES string of the molecule is NCC#Cc1cncc(C(=O)NCC2CSCCS2)c1. The molecule has 0 spiro atoms. The highest BCUT2D eigenvalue weighted by atomic mass is 32.2. The van der Waals surface area contributed by atoms with Gasteiger partial charge in [-0.25, -0.2) is 0 Å². The number of rotatable bonds is 3. The second-order valence-corrected chi connectivity index (χ2v) is 6.80. The molecule has 1 amide bonds. The molecule has 3 N–H and O–H groups in total. The van der Waals surface area contributed by atoms with Crippen molar-refractivity contribution in [2.75, 3.05) is 30.3 Å². The van der Waals surface area contributed by atoms with Crippen LogP contribution in [-0.2, 0) is 0 Å². The topological polar surface area (TPSA) is 68.0 Å². The first-order valence-corrected chi connectivity index (χ1v) is 8.61. The number of thioether (sulfide) groups is 2. The van der Waals surface area contributed by atoms with E-state index in [1.165, 1.54) is 5.75 Å². The van der Waals surface area contributed by atoms with Gasteiger partial charge in [-0.2, -0.15) is 23.5 Å². The van der Waals surface area contributed by atoms with Crippen LogP contribution in [0, 0.1) is 11.8 Å². The highest BCUT2D eigenvalue weighted by molar-refractivity contribution is 8.06. The molecule has 0 aromatic carbocycles. The maximum absolute atomic E-state index is 12.1. The van der Waals surface area contributed by atoms with Crippen molar-refractivity contribution >= 4 is 29.4 Å². The summed E-state index contributed by atoms with van der Waals surface area (Å²) in [7, 11) is 0. The molecule has 1 unspecified atom stereocenters. The minimum absolute atomic E-state index is 0.0925. The zero-order valence-electron chi connectivity index (χ0n) is 11.1. The van der Waals surface area contributed by atoms with Crippen molar-refractivity contribution in [3.05, 3.63) is 29.6 Å². The molecule has 0 aliphatic carbocycles. The first-order valence-electron chi connectivity index (χ1n) is 6.41. The van der Waals surface area contributed by atoms with Crippen LogP contribution >= 0.6 is 23.5 Å². The third-order valence-corrected chi connectivity index (χ3v) is 5.56. The van der Waals surface area contributed by atoms with Crippen molar-refractivity contribution in [2.45, 2.75) is 5.25 Å². The number of carbonyl (C=O) groups is 1. The molecular formula is C14H17N3OS2. The van der Waals surface area contributed by atoms with Gasteiger partial charge in [-0.1, -0.05) is 11.8 Å². The van der Waals surface area contributed by atoms with E-state index in [0.29, 0.717) is 29.5 Å². The third kappa shape index (κ3) is 4.75. The van der Waals surface area contributed by atoms with Gasteiger partial charge in [0, 0.05) is 47.0 Å². The molecule has 0 radical (unpaired) electrons. The van der Waals surface area contributed by atoms with Gasteiger partial charge < -0.3 is 11.1 Å². The maximum Gasteiger partial charge on any atom is 0.252 e. The summed E-state index contributed by atoms with van der Waals surface area (Å²) in [5.41, 5.74) is 6.58. The van der Waals surface area contributed by atoms with Gasteiger partial charge in [0.05, 0.1) is 12.1 Å². The quantitative estimate of drug-likeness (QED) is 0.815. The van der Waals surface area contributed by atoms with E-state index in [1.807, 2.05) is 23.5 Å². The second kappa shape index (κ2) is 8.20. The van der Waals surface area contributed by atoms with Gasteiger partial charge in [0.25, 0.3) is 5.91 Å². The highest BCUT2D eigenvalue weighted by Gasteiger charge is 2.15. The monoisotopic (exact) mass is 307 g/mol. The molecule has 1 aliphatic rings. The van der Waals surface area contributed by atoms with Crippen molar-refractivity contribution in [2.24, 2.45) is 5.73 Å². The second-order valence-electron chi connectivity index (χ2n) is 4.25. The van der Waals surface area contributed by atoms with Gasteiger partial charge in [-0.05, 0) is 6.07 Å². The number of nitrogens with two attached hydrogens (primary N) is 1. The largest absolute Gasteiger partial charge is 0.351 e. The van der Waals surface area contributed by atoms with Crippen LogP contribution in [0.1, 0.15) is 15.9 Å². The smallest absolute Gasteiger partial charge is 0.252 e. The molecule has 1 fully saturated rings. The molecule has 0 bridgehead atoms. The number of amides is 1. The van der Waals surface area contributed by atoms with E-state index in [2.05, 4.69) is 22.1 Å². The van der Waals surface area contributed by atoms with E-state index in [1.54, 1.807) is 18.5 Å². The van der Waals surface area contributed by atoms with Crippen molar-refractivity contribution in [3.8, 4) is 11.8 Å². The van der Waals surface area contributed by atoms with E-state index < -0.39 is 0 Å². The van der Waals surface area contributed by atoms with E-state index in [0.717, 1.165) is 11.5 Å². The summed E-state index contributed by atoms with van der Waals surface area (Å²) in [6.45, 7) is 1.00. The Morgan fingerprint density at radius 2 is 2.40 bits per heavy atom. The number of pyridine rings is 1. The molecular weight excluding hydrogens is 290 g/mol. The standard InChI is InChI=1S/C14H17N3OS2/c15-3-1-2-11-6-12(8-16-7-11)14(18)17-9-13-10-19-4-5-20-13/h6-8,13H,3-5,9-10,15H2,(H,17,18). The number of nitrogens with one attached hydrogen (secondary N) is 1. The molecule has 4 nitrogen and oxygen atoms in total. The van der Waals surface area contributed by atoms with Crippen LogP contribution in [0.15, 0.2) is 18.5 Å². The van der Waals surface area contributed by atoms with Crippen LogP contribution in [-0.4, -0.2) is 46.5 Å². The number of hydrogen-bond acceptors (Lipinski definition) is 5. The summed E-state index contributed by atoms with van der Waals surface area (Å²) in [6.07, 6.45) is 3.19. The lowest BCUT2D eigenvalue weighted by molar-refractivity contribution is 0.0954. The number of carbonyl (C=O) groups excluding carboxylic acids is 1. The molecule has 1 aromatic heterocycles. The summed E-state index contributed by atoms with van der Waals surface area (Å²) in [6, 6.07) is 1.74. The van der Waals surface area contributed by atoms with E-state index >= 15 is 0 Å². The van der Waals surface area contributed by atoms with Crippen molar-refractivity contribution in [3.63, 3.8) is 0 Å². The van der Waals surface area contributed by atoms with E-state index in [-0.39, 0.29) is 5.91 Å². The number of aromatic nitrogens is 1. The van der Waals surface area contributed by atoms with Gasteiger partial charge in [0.1, 0.15) is 0 Å². The molecule has 20 heavy (non-hydrogen) atoms. The molecule has 1 aliphatic heterocycles. The predicted octanol–water partition coefficient (Wildman–Crippen LogP) is 0.970. The fourth-order valence-electron chi connectivity index (χ4n) is 1.75. The van der Waals surface area contributed by atoms with Crippen molar-refractivity contribution in [1.29, 1.82) is 0 Å². The van der Waals surface area contributed by atoms with Gasteiger partial charge in [-0.3, -0.25) is 9.78 Å².